The number of rotatable bonds is 2. The summed E-state index contributed by atoms with van der Waals surface area (Å²) in [5.41, 5.74) is -0.741. The molecule has 0 amide bonds. The second kappa shape index (κ2) is 5.40. The minimum Gasteiger partial charge on any atom is -0.342 e. The van der Waals surface area contributed by atoms with Gasteiger partial charge in [-0.15, -0.1) is 0 Å². The van der Waals surface area contributed by atoms with Crippen molar-refractivity contribution in [2.45, 2.75) is 5.92 Å². The summed E-state index contributed by atoms with van der Waals surface area (Å²) in [6.45, 7) is 0. The number of H-pyrrole nitrogens is 1. The number of hydrogen-bond acceptors (Lipinski definition) is 5. The van der Waals surface area contributed by atoms with Gasteiger partial charge >= 0.3 is 5.69 Å². The molecule has 0 radical (unpaired) electrons. The number of nitrogens with one attached hydrogen (secondary N) is 2. The van der Waals surface area contributed by atoms with E-state index >= 15 is 0 Å². The van der Waals surface area contributed by atoms with Gasteiger partial charge in [0.15, 0.2) is 0 Å². The first-order valence-electron chi connectivity index (χ1n) is 6.60. The van der Waals surface area contributed by atoms with E-state index < -0.39 is 22.1 Å². The predicted molar refractivity (Wildman–Crippen MR) is 84.3 cm³/mol. The number of halogens is 1. The van der Waals surface area contributed by atoms with Crippen molar-refractivity contribution in [3.63, 3.8) is 0 Å². The molecule has 1 aromatic carbocycles. The quantitative estimate of drug-likeness (QED) is 0.637. The van der Waals surface area contributed by atoms with Gasteiger partial charge in [0.25, 0.3) is 11.3 Å². The summed E-state index contributed by atoms with van der Waals surface area (Å²) in [6, 6.07) is 6.41. The monoisotopic (exact) mass is 334 g/mol. The zero-order chi connectivity index (χ0) is 16.7. The fourth-order valence-corrected chi connectivity index (χ4v) is 2.67. The summed E-state index contributed by atoms with van der Waals surface area (Å²) in [6.07, 6.45) is 1.18. The maximum Gasteiger partial charge on any atom is 0.329 e. The second-order valence-electron chi connectivity index (χ2n) is 5.04. The third-order valence-electron chi connectivity index (χ3n) is 3.70. The summed E-state index contributed by atoms with van der Waals surface area (Å²) in [4.78, 5) is 37.5. The van der Waals surface area contributed by atoms with E-state index in [1.807, 2.05) is 0 Å². The van der Waals surface area contributed by atoms with Gasteiger partial charge in [0.1, 0.15) is 11.7 Å². The molecule has 1 aliphatic heterocycles. The van der Waals surface area contributed by atoms with Crippen LogP contribution in [0.2, 0.25) is 5.02 Å². The molecule has 0 saturated heterocycles. The largest absolute Gasteiger partial charge is 0.342 e. The standard InChI is InChI=1S/C14H11ClN4O4/c1-18-13(20)11-10(7-2-4-8(15)5-3-7)9(19(22)23)6-16-12(11)17-14(18)21/h2-6,10,16H,1H3,(H,17,21). The van der Waals surface area contributed by atoms with Crippen LogP contribution >= 0.6 is 11.6 Å². The molecular formula is C14H11ClN4O4. The second-order valence-corrected chi connectivity index (χ2v) is 5.47. The van der Waals surface area contributed by atoms with Gasteiger partial charge in [-0.3, -0.25) is 24.5 Å². The fourth-order valence-electron chi connectivity index (χ4n) is 2.55. The fraction of sp³-hybridized carbons (Fsp3) is 0.143. The summed E-state index contributed by atoms with van der Waals surface area (Å²) < 4.78 is 0.881. The first-order chi connectivity index (χ1) is 10.9. The van der Waals surface area contributed by atoms with E-state index in [-0.39, 0.29) is 17.1 Å². The van der Waals surface area contributed by atoms with Crippen molar-refractivity contribution < 1.29 is 4.92 Å². The van der Waals surface area contributed by atoms with Crippen LogP contribution in [-0.4, -0.2) is 14.5 Å². The van der Waals surface area contributed by atoms with E-state index in [1.54, 1.807) is 24.3 Å². The maximum atomic E-state index is 12.5. The molecule has 1 unspecified atom stereocenters. The van der Waals surface area contributed by atoms with Crippen LogP contribution in [0, 0.1) is 10.1 Å². The Morgan fingerprint density at radius 1 is 1.26 bits per heavy atom. The van der Waals surface area contributed by atoms with Crippen LogP contribution in [0.3, 0.4) is 0 Å². The van der Waals surface area contributed by atoms with Gasteiger partial charge < -0.3 is 5.32 Å². The molecule has 2 heterocycles. The average Bonchev–Trinajstić information content (AvgIpc) is 2.52. The lowest BCUT2D eigenvalue weighted by Crippen LogP contribution is -2.39. The zero-order valence-electron chi connectivity index (χ0n) is 11.9. The minimum absolute atomic E-state index is 0.114. The molecule has 0 spiro atoms. The lowest BCUT2D eigenvalue weighted by molar-refractivity contribution is -0.429. The van der Waals surface area contributed by atoms with Gasteiger partial charge in [0, 0.05) is 12.1 Å². The number of allylic oxidation sites excluding steroid dienone is 1. The van der Waals surface area contributed by atoms with Crippen molar-refractivity contribution in [3.05, 3.63) is 83.3 Å². The Morgan fingerprint density at radius 2 is 1.91 bits per heavy atom. The molecule has 1 atom stereocenters. The highest BCUT2D eigenvalue weighted by Gasteiger charge is 2.36. The molecule has 2 aromatic rings. The number of aromatic amines is 1. The summed E-state index contributed by atoms with van der Waals surface area (Å²) in [5.74, 6) is -0.752. The lowest BCUT2D eigenvalue weighted by Gasteiger charge is -2.22. The topological polar surface area (TPSA) is 110 Å². The van der Waals surface area contributed by atoms with Crippen molar-refractivity contribution in [1.29, 1.82) is 0 Å². The van der Waals surface area contributed by atoms with E-state index in [4.69, 9.17) is 11.6 Å². The van der Waals surface area contributed by atoms with E-state index in [0.29, 0.717) is 10.6 Å². The number of nitro groups is 1. The number of benzene rings is 1. The molecule has 1 aromatic heterocycles. The molecule has 0 saturated carbocycles. The lowest BCUT2D eigenvalue weighted by atomic mass is 9.88. The number of fused-ring (bicyclic) bond motifs is 1. The van der Waals surface area contributed by atoms with Crippen LogP contribution in [0.5, 0.6) is 0 Å². The molecule has 8 nitrogen and oxygen atoms in total. The van der Waals surface area contributed by atoms with Crippen molar-refractivity contribution >= 4 is 17.4 Å². The smallest absolute Gasteiger partial charge is 0.329 e. The molecule has 0 fully saturated rings. The zero-order valence-corrected chi connectivity index (χ0v) is 12.6. The average molecular weight is 335 g/mol. The Morgan fingerprint density at radius 3 is 2.52 bits per heavy atom. The van der Waals surface area contributed by atoms with E-state index in [2.05, 4.69) is 10.3 Å². The highest BCUT2D eigenvalue weighted by Crippen LogP contribution is 2.36. The molecule has 3 rings (SSSR count). The number of anilines is 1. The van der Waals surface area contributed by atoms with E-state index in [0.717, 1.165) is 4.57 Å². The minimum atomic E-state index is -0.908. The van der Waals surface area contributed by atoms with Gasteiger partial charge in [-0.2, -0.15) is 0 Å². The van der Waals surface area contributed by atoms with E-state index in [9.17, 15) is 19.7 Å². The summed E-state index contributed by atoms with van der Waals surface area (Å²) in [5, 5.41) is 14.5. The molecule has 23 heavy (non-hydrogen) atoms. The van der Waals surface area contributed by atoms with Crippen LogP contribution in [0.4, 0.5) is 5.82 Å². The van der Waals surface area contributed by atoms with Crippen LogP contribution in [-0.2, 0) is 7.05 Å². The first-order valence-corrected chi connectivity index (χ1v) is 6.97. The SMILES string of the molecule is Cn1c(=O)[nH]c2c(c1=O)C(c1ccc(Cl)cc1)C([N+](=O)[O-])=CN2. The van der Waals surface area contributed by atoms with Gasteiger partial charge in [-0.25, -0.2) is 4.79 Å². The normalized spacial score (nSPS) is 16.3. The molecule has 9 heteroatoms. The molecule has 118 valence electrons. The van der Waals surface area contributed by atoms with Gasteiger partial charge in [0.2, 0.25) is 0 Å². The Balaban J connectivity index is 2.31. The van der Waals surface area contributed by atoms with Crippen molar-refractivity contribution in [2.24, 2.45) is 7.05 Å². The van der Waals surface area contributed by atoms with Crippen molar-refractivity contribution in [3.8, 4) is 0 Å². The van der Waals surface area contributed by atoms with Crippen molar-refractivity contribution in [1.82, 2.24) is 9.55 Å². The third kappa shape index (κ3) is 2.42. The molecular weight excluding hydrogens is 324 g/mol. The van der Waals surface area contributed by atoms with Crippen LogP contribution in [0.15, 0.2) is 45.8 Å². The van der Waals surface area contributed by atoms with Crippen LogP contribution in [0.1, 0.15) is 17.0 Å². The molecule has 0 aliphatic carbocycles. The van der Waals surface area contributed by atoms with Gasteiger partial charge in [-0.05, 0) is 17.7 Å². The Kier molecular flexibility index (Phi) is 3.53. The summed E-state index contributed by atoms with van der Waals surface area (Å²) >= 11 is 5.85. The number of aromatic nitrogens is 2. The Bertz CT molecular complexity index is 943. The van der Waals surface area contributed by atoms with Crippen LogP contribution < -0.4 is 16.6 Å². The highest BCUT2D eigenvalue weighted by molar-refractivity contribution is 6.30. The van der Waals surface area contributed by atoms with Gasteiger partial charge in [-0.1, -0.05) is 23.7 Å². The predicted octanol–water partition coefficient (Wildman–Crippen LogP) is 1.40. The van der Waals surface area contributed by atoms with Gasteiger partial charge in [0.05, 0.1) is 16.7 Å². The number of nitrogens with zero attached hydrogens (tertiary/aromatic N) is 2. The molecule has 1 aliphatic rings. The maximum absolute atomic E-state index is 12.5. The Labute approximate surface area is 134 Å². The highest BCUT2D eigenvalue weighted by atomic mass is 35.5. The third-order valence-corrected chi connectivity index (χ3v) is 3.96. The summed E-state index contributed by atoms with van der Waals surface area (Å²) in [7, 11) is 1.31. The van der Waals surface area contributed by atoms with E-state index in [1.165, 1.54) is 13.2 Å². The molecule has 0 bridgehead atoms. The van der Waals surface area contributed by atoms with Crippen molar-refractivity contribution in [2.75, 3.05) is 5.32 Å². The molecule has 2 N–H and O–H groups in total. The Hall–Kier alpha value is -2.87. The first kappa shape index (κ1) is 15.0. The number of hydrogen-bond donors (Lipinski definition) is 2. The van der Waals surface area contributed by atoms with Crippen LogP contribution in [0.25, 0.3) is 0 Å².